The Kier molecular flexibility index (Phi) is 2.97. The van der Waals surface area contributed by atoms with Crippen molar-refractivity contribution in [3.05, 3.63) is 54.9 Å². The standard InChI is InChI=1S/C15H11N5OS/c16-14-17-9-18-20(14)15-19-12-7-6-11(8-13(12)22-15)21-10-4-2-1-3-5-10/h1-9H,(H2,16,17,18). The Morgan fingerprint density at radius 2 is 1.91 bits per heavy atom. The van der Waals surface area contributed by atoms with E-state index in [1.165, 1.54) is 22.3 Å². The van der Waals surface area contributed by atoms with Gasteiger partial charge in [-0.1, -0.05) is 29.5 Å². The maximum atomic E-state index is 5.83. The Hall–Kier alpha value is -2.93. The summed E-state index contributed by atoms with van der Waals surface area (Å²) in [6.07, 6.45) is 1.41. The summed E-state index contributed by atoms with van der Waals surface area (Å²) in [5.41, 5.74) is 6.63. The third-order valence-corrected chi connectivity index (χ3v) is 4.08. The SMILES string of the molecule is Nc1ncnn1-c1nc2ccc(Oc3ccccc3)cc2s1. The summed E-state index contributed by atoms with van der Waals surface area (Å²) >= 11 is 1.48. The van der Waals surface area contributed by atoms with Gasteiger partial charge in [-0.15, -0.1) is 0 Å². The van der Waals surface area contributed by atoms with Crippen LogP contribution in [0.3, 0.4) is 0 Å². The van der Waals surface area contributed by atoms with Gasteiger partial charge in [0.2, 0.25) is 11.1 Å². The molecule has 0 atom stereocenters. The van der Waals surface area contributed by atoms with Crippen LogP contribution >= 0.6 is 11.3 Å². The first-order chi connectivity index (χ1) is 10.8. The van der Waals surface area contributed by atoms with E-state index in [0.717, 1.165) is 21.7 Å². The van der Waals surface area contributed by atoms with Crippen molar-refractivity contribution in [2.24, 2.45) is 0 Å². The number of aromatic nitrogens is 4. The lowest BCUT2D eigenvalue weighted by Gasteiger charge is -2.04. The minimum absolute atomic E-state index is 0.319. The Balaban J connectivity index is 1.71. The molecule has 0 fully saturated rings. The molecule has 2 N–H and O–H groups in total. The lowest BCUT2D eigenvalue weighted by molar-refractivity contribution is 0.483. The van der Waals surface area contributed by atoms with Crippen LogP contribution in [0.4, 0.5) is 5.95 Å². The lowest BCUT2D eigenvalue weighted by Crippen LogP contribution is -2.01. The number of nitrogens with zero attached hydrogens (tertiary/aromatic N) is 4. The van der Waals surface area contributed by atoms with Crippen LogP contribution in [-0.2, 0) is 0 Å². The number of hydrogen-bond acceptors (Lipinski definition) is 6. The monoisotopic (exact) mass is 309 g/mol. The summed E-state index contributed by atoms with van der Waals surface area (Å²) in [6, 6.07) is 15.4. The van der Waals surface area contributed by atoms with E-state index in [4.69, 9.17) is 10.5 Å². The zero-order valence-electron chi connectivity index (χ0n) is 11.4. The highest BCUT2D eigenvalue weighted by molar-refractivity contribution is 7.20. The fourth-order valence-corrected chi connectivity index (χ4v) is 3.03. The van der Waals surface area contributed by atoms with Crippen LogP contribution in [0.15, 0.2) is 54.9 Å². The maximum Gasteiger partial charge on any atom is 0.225 e. The predicted molar refractivity (Wildman–Crippen MR) is 85.5 cm³/mol. The molecule has 0 radical (unpaired) electrons. The third kappa shape index (κ3) is 2.27. The molecule has 0 aliphatic heterocycles. The van der Waals surface area contributed by atoms with Gasteiger partial charge in [0, 0.05) is 6.07 Å². The zero-order valence-corrected chi connectivity index (χ0v) is 12.2. The molecule has 0 unspecified atom stereocenters. The lowest BCUT2D eigenvalue weighted by atomic mass is 10.3. The first-order valence-electron chi connectivity index (χ1n) is 6.59. The minimum atomic E-state index is 0.319. The van der Waals surface area contributed by atoms with E-state index in [0.29, 0.717) is 11.1 Å². The number of nitrogen functional groups attached to an aromatic ring is 1. The van der Waals surface area contributed by atoms with Crippen molar-refractivity contribution in [1.82, 2.24) is 19.7 Å². The molecular formula is C15H11N5OS. The Morgan fingerprint density at radius 3 is 2.68 bits per heavy atom. The molecule has 4 aromatic rings. The van der Waals surface area contributed by atoms with Crippen molar-refractivity contribution in [1.29, 1.82) is 0 Å². The molecule has 0 amide bonds. The molecule has 0 spiro atoms. The Bertz CT molecular complexity index is 931. The fourth-order valence-electron chi connectivity index (χ4n) is 2.07. The first-order valence-corrected chi connectivity index (χ1v) is 7.40. The molecule has 108 valence electrons. The number of hydrogen-bond donors (Lipinski definition) is 1. The quantitative estimate of drug-likeness (QED) is 0.628. The van der Waals surface area contributed by atoms with Crippen molar-refractivity contribution >= 4 is 27.5 Å². The summed E-state index contributed by atoms with van der Waals surface area (Å²) < 4.78 is 8.34. The van der Waals surface area contributed by atoms with E-state index >= 15 is 0 Å². The molecule has 2 aromatic carbocycles. The Morgan fingerprint density at radius 1 is 1.05 bits per heavy atom. The highest BCUT2D eigenvalue weighted by Gasteiger charge is 2.10. The number of nitrogens with two attached hydrogens (primary N) is 1. The van der Waals surface area contributed by atoms with Crippen molar-refractivity contribution in [3.63, 3.8) is 0 Å². The minimum Gasteiger partial charge on any atom is -0.457 e. The van der Waals surface area contributed by atoms with Crippen molar-refractivity contribution in [2.75, 3.05) is 5.73 Å². The van der Waals surface area contributed by atoms with Gasteiger partial charge in [-0.05, 0) is 24.3 Å². The number of benzene rings is 2. The van der Waals surface area contributed by atoms with E-state index in [-0.39, 0.29) is 0 Å². The van der Waals surface area contributed by atoms with Crippen molar-refractivity contribution < 1.29 is 4.74 Å². The summed E-state index contributed by atoms with van der Waals surface area (Å²) in [4.78, 5) is 8.42. The van der Waals surface area contributed by atoms with Gasteiger partial charge in [0.15, 0.2) is 0 Å². The van der Waals surface area contributed by atoms with Gasteiger partial charge < -0.3 is 10.5 Å². The molecule has 2 aromatic heterocycles. The first kappa shape index (κ1) is 12.8. The van der Waals surface area contributed by atoms with Gasteiger partial charge in [0.05, 0.1) is 10.2 Å². The fraction of sp³-hybridized carbons (Fsp3) is 0. The highest BCUT2D eigenvalue weighted by atomic mass is 32.1. The van der Waals surface area contributed by atoms with E-state index in [1.54, 1.807) is 0 Å². The number of fused-ring (bicyclic) bond motifs is 1. The van der Waals surface area contributed by atoms with Crippen LogP contribution in [0.1, 0.15) is 0 Å². The zero-order chi connectivity index (χ0) is 14.9. The van der Waals surface area contributed by atoms with Crippen LogP contribution in [0, 0.1) is 0 Å². The second-order valence-corrected chi connectivity index (χ2v) is 5.58. The molecule has 0 aliphatic carbocycles. The summed E-state index contributed by atoms with van der Waals surface area (Å²) in [5.74, 6) is 1.88. The molecular weight excluding hydrogens is 298 g/mol. The average Bonchev–Trinajstić information content (AvgIpc) is 3.13. The maximum absolute atomic E-state index is 5.83. The van der Waals surface area contributed by atoms with Crippen LogP contribution < -0.4 is 10.5 Å². The topological polar surface area (TPSA) is 78.9 Å². The second kappa shape index (κ2) is 5.12. The second-order valence-electron chi connectivity index (χ2n) is 4.57. The van der Waals surface area contributed by atoms with Crippen LogP contribution in [0.2, 0.25) is 0 Å². The number of anilines is 1. The van der Waals surface area contributed by atoms with Gasteiger partial charge in [0.1, 0.15) is 17.8 Å². The molecule has 2 heterocycles. The largest absolute Gasteiger partial charge is 0.457 e. The number of para-hydroxylation sites is 1. The van der Waals surface area contributed by atoms with Gasteiger partial charge in [-0.3, -0.25) is 0 Å². The number of thiazole rings is 1. The third-order valence-electron chi connectivity index (χ3n) is 3.08. The smallest absolute Gasteiger partial charge is 0.225 e. The molecule has 7 heteroatoms. The molecule has 22 heavy (non-hydrogen) atoms. The molecule has 0 bridgehead atoms. The molecule has 0 saturated carbocycles. The van der Waals surface area contributed by atoms with E-state index in [9.17, 15) is 0 Å². The van der Waals surface area contributed by atoms with Gasteiger partial charge >= 0.3 is 0 Å². The number of rotatable bonds is 3. The van der Waals surface area contributed by atoms with Crippen molar-refractivity contribution in [3.8, 4) is 16.6 Å². The highest BCUT2D eigenvalue weighted by Crippen LogP contribution is 2.30. The Labute approximate surface area is 129 Å². The summed E-state index contributed by atoms with van der Waals surface area (Å²) in [5, 5.41) is 4.75. The molecule has 0 aliphatic rings. The predicted octanol–water partition coefficient (Wildman–Crippen LogP) is 3.25. The van der Waals surface area contributed by atoms with Gasteiger partial charge in [0.25, 0.3) is 0 Å². The molecule has 0 saturated heterocycles. The summed E-state index contributed by atoms with van der Waals surface area (Å²) in [7, 11) is 0. The average molecular weight is 309 g/mol. The van der Waals surface area contributed by atoms with E-state index in [2.05, 4.69) is 15.1 Å². The van der Waals surface area contributed by atoms with Crippen LogP contribution in [0.25, 0.3) is 15.3 Å². The van der Waals surface area contributed by atoms with Gasteiger partial charge in [-0.2, -0.15) is 14.8 Å². The van der Waals surface area contributed by atoms with Crippen LogP contribution in [-0.4, -0.2) is 19.7 Å². The van der Waals surface area contributed by atoms with Crippen molar-refractivity contribution in [2.45, 2.75) is 0 Å². The van der Waals surface area contributed by atoms with Crippen LogP contribution in [0.5, 0.6) is 11.5 Å². The molecule has 4 rings (SSSR count). The molecule has 6 nitrogen and oxygen atoms in total. The van der Waals surface area contributed by atoms with Gasteiger partial charge in [-0.25, -0.2) is 4.98 Å². The summed E-state index contributed by atoms with van der Waals surface area (Å²) in [6.45, 7) is 0. The number of ether oxygens (including phenoxy) is 1. The van der Waals surface area contributed by atoms with E-state index in [1.807, 2.05) is 48.5 Å². The normalized spacial score (nSPS) is 10.9. The van der Waals surface area contributed by atoms with E-state index < -0.39 is 0 Å².